The van der Waals surface area contributed by atoms with Crippen LogP contribution < -0.4 is 5.73 Å². The van der Waals surface area contributed by atoms with E-state index in [1.165, 1.54) is 0 Å². The molecule has 7 heteroatoms. The van der Waals surface area contributed by atoms with Crippen LogP contribution in [0.25, 0.3) is 11.2 Å². The summed E-state index contributed by atoms with van der Waals surface area (Å²) in [5, 5.41) is 4.38. The van der Waals surface area contributed by atoms with Crippen LogP contribution in [-0.2, 0) is 16.1 Å². The van der Waals surface area contributed by atoms with Gasteiger partial charge in [0.05, 0.1) is 12.3 Å². The Hall–Kier alpha value is -2.05. The molecule has 2 aromatic rings. The van der Waals surface area contributed by atoms with Crippen LogP contribution in [0.5, 0.6) is 0 Å². The Kier molecular flexibility index (Phi) is 3.46. The van der Waals surface area contributed by atoms with Crippen molar-refractivity contribution in [2.75, 3.05) is 12.3 Å². The maximum Gasteiger partial charge on any atom is 0.329 e. The second-order valence-corrected chi connectivity index (χ2v) is 4.34. The Morgan fingerprint density at radius 2 is 2.16 bits per heavy atom. The standard InChI is InChI=1S/C12H19N5O2/c1-5-16-10-9(7(3)15-16)14-12(13)17(10)8(4)11(18)19-6-2/h8H,5-6H2,1-4H3,(H2,13,14). The molecule has 0 spiro atoms. The third-order valence-electron chi connectivity index (χ3n) is 3.09. The van der Waals surface area contributed by atoms with Gasteiger partial charge in [0.15, 0.2) is 5.65 Å². The molecule has 2 rings (SSSR count). The van der Waals surface area contributed by atoms with E-state index in [1.54, 1.807) is 23.1 Å². The zero-order chi connectivity index (χ0) is 14.2. The molecule has 0 saturated carbocycles. The predicted octanol–water partition coefficient (Wildman–Crippen LogP) is 1.27. The van der Waals surface area contributed by atoms with Gasteiger partial charge in [-0.2, -0.15) is 5.10 Å². The summed E-state index contributed by atoms with van der Waals surface area (Å²) in [6.07, 6.45) is 0. The maximum atomic E-state index is 11.9. The van der Waals surface area contributed by atoms with E-state index in [0.29, 0.717) is 19.1 Å². The first kappa shape index (κ1) is 13.4. The lowest BCUT2D eigenvalue weighted by atomic mass is 10.3. The number of fused-ring (bicyclic) bond motifs is 1. The topological polar surface area (TPSA) is 88.0 Å². The summed E-state index contributed by atoms with van der Waals surface area (Å²) in [6, 6.07) is -0.522. The van der Waals surface area contributed by atoms with Crippen molar-refractivity contribution in [3.05, 3.63) is 5.69 Å². The summed E-state index contributed by atoms with van der Waals surface area (Å²) in [5.74, 6) is -0.0201. The van der Waals surface area contributed by atoms with Crippen molar-refractivity contribution in [1.82, 2.24) is 19.3 Å². The molecule has 0 bridgehead atoms. The summed E-state index contributed by atoms with van der Waals surface area (Å²) in [4.78, 5) is 16.2. The first-order valence-corrected chi connectivity index (χ1v) is 6.38. The Bertz CT molecular complexity index is 613. The van der Waals surface area contributed by atoms with E-state index in [1.807, 2.05) is 13.8 Å². The van der Waals surface area contributed by atoms with E-state index in [9.17, 15) is 4.79 Å². The molecule has 0 radical (unpaired) electrons. The van der Waals surface area contributed by atoms with Crippen molar-refractivity contribution in [2.45, 2.75) is 40.3 Å². The van der Waals surface area contributed by atoms with Crippen LogP contribution in [0.1, 0.15) is 32.5 Å². The number of rotatable bonds is 4. The fourth-order valence-electron chi connectivity index (χ4n) is 2.18. The normalized spacial score (nSPS) is 12.8. The number of nitrogens with zero attached hydrogens (tertiary/aromatic N) is 4. The average molecular weight is 265 g/mol. The van der Waals surface area contributed by atoms with Crippen LogP contribution in [0.3, 0.4) is 0 Å². The smallest absolute Gasteiger partial charge is 0.329 e. The largest absolute Gasteiger partial charge is 0.464 e. The number of nitrogen functional groups attached to an aromatic ring is 1. The lowest BCUT2D eigenvalue weighted by Gasteiger charge is -2.14. The van der Waals surface area contributed by atoms with Gasteiger partial charge in [0.1, 0.15) is 11.6 Å². The lowest BCUT2D eigenvalue weighted by Crippen LogP contribution is -2.21. The van der Waals surface area contributed by atoms with Gasteiger partial charge < -0.3 is 10.5 Å². The number of esters is 1. The number of imidazole rings is 1. The lowest BCUT2D eigenvalue weighted by molar-refractivity contribution is -0.146. The second-order valence-electron chi connectivity index (χ2n) is 4.34. The molecule has 1 unspecified atom stereocenters. The highest BCUT2D eigenvalue weighted by Crippen LogP contribution is 2.25. The minimum Gasteiger partial charge on any atom is -0.464 e. The monoisotopic (exact) mass is 265 g/mol. The number of carbonyl (C=O) groups excluding carboxylic acids is 1. The predicted molar refractivity (Wildman–Crippen MR) is 71.7 cm³/mol. The van der Waals surface area contributed by atoms with E-state index in [2.05, 4.69) is 10.1 Å². The van der Waals surface area contributed by atoms with Gasteiger partial charge >= 0.3 is 5.97 Å². The van der Waals surface area contributed by atoms with E-state index >= 15 is 0 Å². The molecule has 1 atom stereocenters. The van der Waals surface area contributed by atoms with Crippen LogP contribution in [0, 0.1) is 6.92 Å². The molecule has 0 saturated heterocycles. The first-order valence-electron chi connectivity index (χ1n) is 6.38. The van der Waals surface area contributed by atoms with Gasteiger partial charge in [0, 0.05) is 6.54 Å². The third-order valence-corrected chi connectivity index (χ3v) is 3.09. The molecule has 19 heavy (non-hydrogen) atoms. The zero-order valence-corrected chi connectivity index (χ0v) is 11.7. The summed E-state index contributed by atoms with van der Waals surface area (Å²) >= 11 is 0. The Morgan fingerprint density at radius 1 is 1.47 bits per heavy atom. The van der Waals surface area contributed by atoms with E-state index in [-0.39, 0.29) is 5.97 Å². The molecule has 104 valence electrons. The molecule has 0 aromatic carbocycles. The number of ether oxygens (including phenoxy) is 1. The number of nitrogens with two attached hydrogens (primary N) is 1. The maximum absolute atomic E-state index is 11.9. The average Bonchev–Trinajstić information content (AvgIpc) is 2.86. The fourth-order valence-corrected chi connectivity index (χ4v) is 2.18. The van der Waals surface area contributed by atoms with Crippen LogP contribution in [0.15, 0.2) is 0 Å². The second kappa shape index (κ2) is 4.91. The van der Waals surface area contributed by atoms with Crippen molar-refractivity contribution in [3.8, 4) is 0 Å². The first-order chi connectivity index (χ1) is 9.01. The van der Waals surface area contributed by atoms with Crippen LogP contribution >= 0.6 is 0 Å². The van der Waals surface area contributed by atoms with Gasteiger partial charge in [-0.25, -0.2) is 14.5 Å². The molecule has 0 aliphatic carbocycles. The summed E-state index contributed by atoms with van der Waals surface area (Å²) in [7, 11) is 0. The number of aryl methyl sites for hydroxylation is 2. The van der Waals surface area contributed by atoms with Crippen LogP contribution in [-0.4, -0.2) is 31.9 Å². The number of aromatic nitrogens is 4. The fraction of sp³-hybridized carbons (Fsp3) is 0.583. The minimum absolute atomic E-state index is 0.304. The number of anilines is 1. The van der Waals surface area contributed by atoms with Crippen molar-refractivity contribution >= 4 is 23.1 Å². The molecule has 0 aliphatic heterocycles. The van der Waals surface area contributed by atoms with Crippen molar-refractivity contribution in [3.63, 3.8) is 0 Å². The number of hydrogen-bond donors (Lipinski definition) is 1. The molecule has 2 N–H and O–H groups in total. The summed E-state index contributed by atoms with van der Waals surface area (Å²) < 4.78 is 8.51. The SMILES string of the molecule is CCOC(=O)C(C)n1c(N)nc2c(C)nn(CC)c21. The minimum atomic E-state index is -0.522. The Morgan fingerprint density at radius 3 is 2.74 bits per heavy atom. The van der Waals surface area contributed by atoms with Gasteiger partial charge in [-0.15, -0.1) is 0 Å². The van der Waals surface area contributed by atoms with Gasteiger partial charge in [-0.3, -0.25) is 4.57 Å². The highest BCUT2D eigenvalue weighted by molar-refractivity contribution is 5.82. The molecule has 7 nitrogen and oxygen atoms in total. The van der Waals surface area contributed by atoms with Gasteiger partial charge in [0.25, 0.3) is 0 Å². The summed E-state index contributed by atoms with van der Waals surface area (Å²) in [5.41, 5.74) is 8.23. The van der Waals surface area contributed by atoms with E-state index in [4.69, 9.17) is 10.5 Å². The number of hydrogen-bond acceptors (Lipinski definition) is 5. The van der Waals surface area contributed by atoms with Crippen LogP contribution in [0.2, 0.25) is 0 Å². The molecule has 2 heterocycles. The van der Waals surface area contributed by atoms with E-state index in [0.717, 1.165) is 16.9 Å². The molecular formula is C12H19N5O2. The van der Waals surface area contributed by atoms with Gasteiger partial charge in [-0.1, -0.05) is 0 Å². The van der Waals surface area contributed by atoms with Gasteiger partial charge in [-0.05, 0) is 27.7 Å². The Balaban J connectivity index is 2.58. The molecular weight excluding hydrogens is 246 g/mol. The molecule has 0 aliphatic rings. The third kappa shape index (κ3) is 2.05. The molecule has 0 amide bonds. The van der Waals surface area contributed by atoms with Crippen LogP contribution in [0.4, 0.5) is 5.95 Å². The quantitative estimate of drug-likeness (QED) is 0.841. The van der Waals surface area contributed by atoms with Crippen molar-refractivity contribution in [2.24, 2.45) is 0 Å². The zero-order valence-electron chi connectivity index (χ0n) is 11.7. The van der Waals surface area contributed by atoms with Gasteiger partial charge in [0.2, 0.25) is 5.95 Å². The number of carbonyl (C=O) groups is 1. The van der Waals surface area contributed by atoms with Crippen molar-refractivity contribution < 1.29 is 9.53 Å². The van der Waals surface area contributed by atoms with E-state index < -0.39 is 6.04 Å². The highest BCUT2D eigenvalue weighted by atomic mass is 16.5. The molecule has 2 aromatic heterocycles. The highest BCUT2D eigenvalue weighted by Gasteiger charge is 2.25. The molecule has 0 fully saturated rings. The summed E-state index contributed by atoms with van der Waals surface area (Å²) in [6.45, 7) is 8.41. The van der Waals surface area contributed by atoms with Crippen molar-refractivity contribution in [1.29, 1.82) is 0 Å². The Labute approximate surface area is 111 Å².